The molecule has 0 aliphatic rings. The van der Waals surface area contributed by atoms with E-state index in [-0.39, 0.29) is 6.04 Å². The Morgan fingerprint density at radius 1 is 1.47 bits per heavy atom. The fourth-order valence-corrected chi connectivity index (χ4v) is 1.81. The molecule has 2 heterocycles. The van der Waals surface area contributed by atoms with Gasteiger partial charge in [0.15, 0.2) is 0 Å². The van der Waals surface area contributed by atoms with E-state index in [1.54, 1.807) is 17.2 Å². The molecule has 2 rings (SSSR count). The number of hydrazine groups is 1. The van der Waals surface area contributed by atoms with Gasteiger partial charge in [-0.05, 0) is 18.6 Å². The van der Waals surface area contributed by atoms with Crippen LogP contribution in [-0.4, -0.2) is 19.7 Å². The van der Waals surface area contributed by atoms with Crippen molar-refractivity contribution in [2.24, 2.45) is 12.9 Å². The Hall–Kier alpha value is -1.79. The Bertz CT molecular complexity index is 492. The van der Waals surface area contributed by atoms with E-state index in [1.807, 2.05) is 26.1 Å². The van der Waals surface area contributed by atoms with Gasteiger partial charge in [0.2, 0.25) is 0 Å². The number of nitrogens with two attached hydrogens (primary N) is 1. The Kier molecular flexibility index (Phi) is 3.46. The lowest BCUT2D eigenvalue weighted by Crippen LogP contribution is -2.31. The summed E-state index contributed by atoms with van der Waals surface area (Å²) >= 11 is 0. The zero-order valence-corrected chi connectivity index (χ0v) is 9.96. The number of rotatable bonds is 4. The summed E-state index contributed by atoms with van der Waals surface area (Å²) in [5, 5.41) is 4.04. The topological polar surface area (TPSA) is 81.7 Å². The fraction of sp³-hybridized carbons (Fsp3) is 0.364. The zero-order valence-electron chi connectivity index (χ0n) is 9.96. The predicted molar refractivity (Wildman–Crippen MR) is 63.7 cm³/mol. The highest BCUT2D eigenvalue weighted by Crippen LogP contribution is 2.18. The SMILES string of the molecule is Cc1ncccc1C(Cc1ncnn1C)NN. The van der Waals surface area contributed by atoms with Crippen LogP contribution in [0.3, 0.4) is 0 Å². The maximum atomic E-state index is 5.61. The van der Waals surface area contributed by atoms with Gasteiger partial charge in [-0.2, -0.15) is 5.10 Å². The molecule has 1 unspecified atom stereocenters. The molecule has 90 valence electrons. The van der Waals surface area contributed by atoms with Crippen LogP contribution in [0.5, 0.6) is 0 Å². The van der Waals surface area contributed by atoms with E-state index in [9.17, 15) is 0 Å². The lowest BCUT2D eigenvalue weighted by atomic mass is 10.0. The monoisotopic (exact) mass is 232 g/mol. The molecule has 2 aromatic rings. The lowest BCUT2D eigenvalue weighted by Gasteiger charge is -2.17. The molecule has 3 N–H and O–H groups in total. The molecule has 0 fully saturated rings. The molecule has 17 heavy (non-hydrogen) atoms. The number of aryl methyl sites for hydroxylation is 2. The standard InChI is InChI=1S/C11H16N6/c1-8-9(4-3-5-13-8)10(16-12)6-11-14-7-15-17(11)2/h3-5,7,10,16H,6,12H2,1-2H3. The Morgan fingerprint density at radius 3 is 2.88 bits per heavy atom. The van der Waals surface area contributed by atoms with E-state index in [2.05, 4.69) is 20.5 Å². The Labute approximate surface area is 99.9 Å². The van der Waals surface area contributed by atoms with Crippen LogP contribution in [0.1, 0.15) is 23.1 Å². The third-order valence-electron chi connectivity index (χ3n) is 2.82. The summed E-state index contributed by atoms with van der Waals surface area (Å²) in [5.74, 6) is 6.49. The second kappa shape index (κ2) is 5.03. The van der Waals surface area contributed by atoms with Gasteiger partial charge in [-0.25, -0.2) is 4.98 Å². The summed E-state index contributed by atoms with van der Waals surface area (Å²) in [4.78, 5) is 8.46. The first kappa shape index (κ1) is 11.7. The number of nitrogens with zero attached hydrogens (tertiary/aromatic N) is 4. The number of pyridine rings is 1. The molecule has 0 spiro atoms. The van der Waals surface area contributed by atoms with E-state index in [1.165, 1.54) is 0 Å². The molecule has 2 aromatic heterocycles. The molecule has 0 radical (unpaired) electrons. The molecule has 0 aromatic carbocycles. The van der Waals surface area contributed by atoms with Gasteiger partial charge < -0.3 is 0 Å². The highest BCUT2D eigenvalue weighted by Gasteiger charge is 2.15. The van der Waals surface area contributed by atoms with Crippen molar-refractivity contribution in [2.45, 2.75) is 19.4 Å². The number of nitrogens with one attached hydrogen (secondary N) is 1. The smallest absolute Gasteiger partial charge is 0.138 e. The number of hydrogen-bond acceptors (Lipinski definition) is 5. The van der Waals surface area contributed by atoms with Crippen LogP contribution in [-0.2, 0) is 13.5 Å². The molecule has 0 aliphatic carbocycles. The van der Waals surface area contributed by atoms with E-state index in [0.717, 1.165) is 17.1 Å². The largest absolute Gasteiger partial charge is 0.271 e. The van der Waals surface area contributed by atoms with Crippen molar-refractivity contribution in [1.82, 2.24) is 25.2 Å². The first-order valence-electron chi connectivity index (χ1n) is 5.43. The molecule has 1 atom stereocenters. The average molecular weight is 232 g/mol. The summed E-state index contributed by atoms with van der Waals surface area (Å²) in [6.45, 7) is 1.97. The zero-order chi connectivity index (χ0) is 12.3. The summed E-state index contributed by atoms with van der Waals surface area (Å²) in [6.07, 6.45) is 3.99. The van der Waals surface area contributed by atoms with E-state index >= 15 is 0 Å². The second-order valence-electron chi connectivity index (χ2n) is 3.90. The van der Waals surface area contributed by atoms with Gasteiger partial charge in [0.1, 0.15) is 12.2 Å². The third-order valence-corrected chi connectivity index (χ3v) is 2.82. The van der Waals surface area contributed by atoms with Gasteiger partial charge >= 0.3 is 0 Å². The van der Waals surface area contributed by atoms with Crippen LogP contribution in [0.2, 0.25) is 0 Å². The van der Waals surface area contributed by atoms with Crippen LogP contribution in [0, 0.1) is 6.92 Å². The third kappa shape index (κ3) is 2.48. The van der Waals surface area contributed by atoms with Crippen molar-refractivity contribution in [1.29, 1.82) is 0 Å². The Balaban J connectivity index is 2.23. The maximum absolute atomic E-state index is 5.61. The first-order chi connectivity index (χ1) is 8.22. The summed E-state index contributed by atoms with van der Waals surface area (Å²) in [5.41, 5.74) is 4.86. The fourth-order valence-electron chi connectivity index (χ4n) is 1.81. The normalized spacial score (nSPS) is 12.6. The highest BCUT2D eigenvalue weighted by molar-refractivity contribution is 5.23. The molecule has 0 amide bonds. The van der Waals surface area contributed by atoms with Crippen molar-refractivity contribution < 1.29 is 0 Å². The maximum Gasteiger partial charge on any atom is 0.138 e. The summed E-state index contributed by atoms with van der Waals surface area (Å²) < 4.78 is 1.75. The van der Waals surface area contributed by atoms with E-state index in [0.29, 0.717) is 6.42 Å². The van der Waals surface area contributed by atoms with Gasteiger partial charge in [0.05, 0.1) is 6.04 Å². The molecular weight excluding hydrogens is 216 g/mol. The van der Waals surface area contributed by atoms with Crippen LogP contribution in [0.25, 0.3) is 0 Å². The minimum absolute atomic E-state index is 0.00778. The quantitative estimate of drug-likeness (QED) is 0.584. The first-order valence-corrected chi connectivity index (χ1v) is 5.43. The lowest BCUT2D eigenvalue weighted by molar-refractivity contribution is 0.519. The Morgan fingerprint density at radius 2 is 2.29 bits per heavy atom. The van der Waals surface area contributed by atoms with Crippen LogP contribution in [0.15, 0.2) is 24.7 Å². The van der Waals surface area contributed by atoms with Crippen LogP contribution < -0.4 is 11.3 Å². The molecule has 0 saturated heterocycles. The number of aromatic nitrogens is 4. The van der Waals surface area contributed by atoms with Gasteiger partial charge in [-0.1, -0.05) is 6.07 Å². The molecule has 6 heteroatoms. The van der Waals surface area contributed by atoms with Crippen molar-refractivity contribution in [3.8, 4) is 0 Å². The van der Waals surface area contributed by atoms with Crippen molar-refractivity contribution in [2.75, 3.05) is 0 Å². The molecule has 6 nitrogen and oxygen atoms in total. The predicted octanol–water partition coefficient (Wildman–Crippen LogP) is 0.266. The average Bonchev–Trinajstić information content (AvgIpc) is 2.73. The van der Waals surface area contributed by atoms with Gasteiger partial charge in [0, 0.05) is 25.4 Å². The minimum Gasteiger partial charge on any atom is -0.271 e. The number of hydrogen-bond donors (Lipinski definition) is 2. The molecule has 0 aliphatic heterocycles. The van der Waals surface area contributed by atoms with Crippen LogP contribution in [0.4, 0.5) is 0 Å². The molecule has 0 bridgehead atoms. The van der Waals surface area contributed by atoms with Crippen molar-refractivity contribution in [3.63, 3.8) is 0 Å². The highest BCUT2D eigenvalue weighted by atomic mass is 15.3. The van der Waals surface area contributed by atoms with Gasteiger partial charge in [0.25, 0.3) is 0 Å². The minimum atomic E-state index is -0.00778. The van der Waals surface area contributed by atoms with E-state index in [4.69, 9.17) is 5.84 Å². The van der Waals surface area contributed by atoms with Gasteiger partial charge in [-0.15, -0.1) is 0 Å². The van der Waals surface area contributed by atoms with E-state index < -0.39 is 0 Å². The van der Waals surface area contributed by atoms with Crippen molar-refractivity contribution in [3.05, 3.63) is 41.7 Å². The van der Waals surface area contributed by atoms with Gasteiger partial charge in [-0.3, -0.25) is 20.9 Å². The second-order valence-corrected chi connectivity index (χ2v) is 3.90. The van der Waals surface area contributed by atoms with Crippen LogP contribution >= 0.6 is 0 Å². The van der Waals surface area contributed by atoms with Crippen molar-refractivity contribution >= 4 is 0 Å². The molecular formula is C11H16N6. The summed E-state index contributed by atoms with van der Waals surface area (Å²) in [6, 6.07) is 3.92. The summed E-state index contributed by atoms with van der Waals surface area (Å²) in [7, 11) is 1.87. The molecule has 0 saturated carbocycles.